The van der Waals surface area contributed by atoms with Crippen LogP contribution in [0.3, 0.4) is 0 Å². The summed E-state index contributed by atoms with van der Waals surface area (Å²) in [5.74, 6) is -0.291. The van der Waals surface area contributed by atoms with E-state index in [1.807, 2.05) is 0 Å². The van der Waals surface area contributed by atoms with Gasteiger partial charge in [0, 0.05) is 18.6 Å². The Balaban J connectivity index is 2.21. The minimum Gasteiger partial charge on any atom is -0.396 e. The number of rotatable bonds is 3. The zero-order chi connectivity index (χ0) is 14.0. The maximum Gasteiger partial charge on any atom is 0.277 e. The Morgan fingerprint density at radius 2 is 2.21 bits per heavy atom. The van der Waals surface area contributed by atoms with Crippen molar-refractivity contribution >= 4 is 5.91 Å². The fourth-order valence-corrected chi connectivity index (χ4v) is 2.58. The number of amides is 1. The van der Waals surface area contributed by atoms with Gasteiger partial charge >= 0.3 is 0 Å². The standard InChI is InChI=1S/C13H19N3O3/c1-7-8(2)15-16-13(19)11(7)12(18)14-10-5-3-4-9(10)6-17/h9-10,17H,3-6H2,1-2H3,(H,14,18)(H,16,19). The molecule has 0 saturated heterocycles. The van der Waals surface area contributed by atoms with Crippen LogP contribution in [0.4, 0.5) is 0 Å². The second kappa shape index (κ2) is 5.52. The van der Waals surface area contributed by atoms with Gasteiger partial charge in [-0.25, -0.2) is 5.10 Å². The van der Waals surface area contributed by atoms with Crippen LogP contribution in [0.2, 0.25) is 0 Å². The Kier molecular flexibility index (Phi) is 3.99. The van der Waals surface area contributed by atoms with Crippen molar-refractivity contribution in [3.63, 3.8) is 0 Å². The Labute approximate surface area is 111 Å². The van der Waals surface area contributed by atoms with Crippen molar-refractivity contribution in [1.82, 2.24) is 15.5 Å². The van der Waals surface area contributed by atoms with Crippen LogP contribution in [0.1, 0.15) is 40.9 Å². The predicted octanol–water partition coefficient (Wildman–Crippen LogP) is 0.278. The van der Waals surface area contributed by atoms with Crippen molar-refractivity contribution in [2.75, 3.05) is 6.61 Å². The summed E-state index contributed by atoms with van der Waals surface area (Å²) >= 11 is 0. The van der Waals surface area contributed by atoms with Gasteiger partial charge in [-0.2, -0.15) is 5.10 Å². The number of aliphatic hydroxyl groups excluding tert-OH is 1. The average molecular weight is 265 g/mol. The zero-order valence-corrected chi connectivity index (χ0v) is 11.2. The third kappa shape index (κ3) is 2.68. The van der Waals surface area contributed by atoms with E-state index in [1.54, 1.807) is 13.8 Å². The second-order valence-electron chi connectivity index (χ2n) is 5.09. The third-order valence-electron chi connectivity index (χ3n) is 3.91. The molecule has 6 nitrogen and oxygen atoms in total. The summed E-state index contributed by atoms with van der Waals surface area (Å²) < 4.78 is 0. The molecule has 1 aromatic rings. The highest BCUT2D eigenvalue weighted by atomic mass is 16.3. The van der Waals surface area contributed by atoms with Gasteiger partial charge in [-0.3, -0.25) is 9.59 Å². The maximum atomic E-state index is 12.2. The summed E-state index contributed by atoms with van der Waals surface area (Å²) in [7, 11) is 0. The van der Waals surface area contributed by atoms with Gasteiger partial charge in [0.1, 0.15) is 5.56 Å². The van der Waals surface area contributed by atoms with Gasteiger partial charge in [-0.1, -0.05) is 6.42 Å². The van der Waals surface area contributed by atoms with E-state index in [2.05, 4.69) is 15.5 Å². The van der Waals surface area contributed by atoms with E-state index in [4.69, 9.17) is 0 Å². The molecule has 1 saturated carbocycles. The molecule has 2 rings (SSSR count). The van der Waals surface area contributed by atoms with Crippen LogP contribution in [0.25, 0.3) is 0 Å². The highest BCUT2D eigenvalue weighted by Crippen LogP contribution is 2.25. The molecule has 0 bridgehead atoms. The summed E-state index contributed by atoms with van der Waals surface area (Å²) in [5.41, 5.74) is 0.880. The predicted molar refractivity (Wildman–Crippen MR) is 70.0 cm³/mol. The minimum absolute atomic E-state index is 0.0511. The molecule has 0 aromatic carbocycles. The Morgan fingerprint density at radius 1 is 1.47 bits per heavy atom. The van der Waals surface area contributed by atoms with E-state index >= 15 is 0 Å². The molecular weight excluding hydrogens is 246 g/mol. The molecule has 2 unspecified atom stereocenters. The number of hydrogen-bond acceptors (Lipinski definition) is 4. The quantitative estimate of drug-likeness (QED) is 0.731. The molecule has 19 heavy (non-hydrogen) atoms. The highest BCUT2D eigenvalue weighted by Gasteiger charge is 2.29. The third-order valence-corrected chi connectivity index (χ3v) is 3.91. The molecule has 1 aromatic heterocycles. The lowest BCUT2D eigenvalue weighted by molar-refractivity contribution is 0.0913. The lowest BCUT2D eigenvalue weighted by Gasteiger charge is -2.19. The number of aryl methyl sites for hydroxylation is 1. The Morgan fingerprint density at radius 3 is 2.89 bits per heavy atom. The lowest BCUT2D eigenvalue weighted by atomic mass is 10.0. The zero-order valence-electron chi connectivity index (χ0n) is 11.2. The molecule has 1 aliphatic rings. The number of hydrogen-bond donors (Lipinski definition) is 3. The molecule has 3 N–H and O–H groups in total. The van der Waals surface area contributed by atoms with Gasteiger partial charge in [0.25, 0.3) is 11.5 Å². The molecule has 0 radical (unpaired) electrons. The topological polar surface area (TPSA) is 95.1 Å². The number of aromatic amines is 1. The van der Waals surface area contributed by atoms with Crippen LogP contribution in [0.15, 0.2) is 4.79 Å². The summed E-state index contributed by atoms with van der Waals surface area (Å²) in [6, 6.07) is -0.0511. The van der Waals surface area contributed by atoms with Gasteiger partial charge < -0.3 is 10.4 Å². The van der Waals surface area contributed by atoms with Crippen molar-refractivity contribution in [1.29, 1.82) is 0 Å². The minimum atomic E-state index is -0.473. The van der Waals surface area contributed by atoms with Crippen molar-refractivity contribution in [3.8, 4) is 0 Å². The first kappa shape index (κ1) is 13.7. The molecule has 1 aliphatic carbocycles. The van der Waals surface area contributed by atoms with Crippen LogP contribution in [-0.2, 0) is 0 Å². The molecule has 2 atom stereocenters. The van der Waals surface area contributed by atoms with E-state index in [-0.39, 0.29) is 30.0 Å². The first-order valence-electron chi connectivity index (χ1n) is 6.52. The molecule has 6 heteroatoms. The van der Waals surface area contributed by atoms with Gasteiger partial charge in [0.2, 0.25) is 0 Å². The van der Waals surface area contributed by atoms with Crippen molar-refractivity contribution < 1.29 is 9.90 Å². The van der Waals surface area contributed by atoms with Crippen LogP contribution >= 0.6 is 0 Å². The van der Waals surface area contributed by atoms with Crippen LogP contribution < -0.4 is 10.9 Å². The van der Waals surface area contributed by atoms with Gasteiger partial charge in [-0.05, 0) is 32.3 Å². The monoisotopic (exact) mass is 265 g/mol. The molecular formula is C13H19N3O3. The summed E-state index contributed by atoms with van der Waals surface area (Å²) in [6.45, 7) is 3.52. The molecule has 0 spiro atoms. The van der Waals surface area contributed by atoms with Gasteiger partial charge in [-0.15, -0.1) is 0 Å². The Hall–Kier alpha value is -1.69. The number of H-pyrrole nitrogens is 1. The number of carbonyl (C=O) groups excluding carboxylic acids is 1. The van der Waals surface area contributed by atoms with Crippen LogP contribution in [0.5, 0.6) is 0 Å². The summed E-state index contributed by atoms with van der Waals surface area (Å²) in [4.78, 5) is 23.9. The van der Waals surface area contributed by atoms with Gasteiger partial charge in [0.15, 0.2) is 0 Å². The Bertz CT molecular complexity index is 538. The number of nitrogens with one attached hydrogen (secondary N) is 2. The average Bonchev–Trinajstić information content (AvgIpc) is 2.81. The van der Waals surface area contributed by atoms with Crippen LogP contribution in [0, 0.1) is 19.8 Å². The maximum absolute atomic E-state index is 12.2. The van der Waals surface area contributed by atoms with E-state index in [0.29, 0.717) is 11.3 Å². The van der Waals surface area contributed by atoms with E-state index < -0.39 is 5.56 Å². The number of nitrogens with zero attached hydrogens (tertiary/aromatic N) is 1. The first-order chi connectivity index (χ1) is 9.04. The smallest absolute Gasteiger partial charge is 0.277 e. The highest BCUT2D eigenvalue weighted by molar-refractivity contribution is 5.95. The fourth-order valence-electron chi connectivity index (χ4n) is 2.58. The summed E-state index contributed by atoms with van der Waals surface area (Å²) in [5, 5.41) is 18.3. The number of aliphatic hydroxyl groups is 1. The molecule has 104 valence electrons. The molecule has 0 aliphatic heterocycles. The van der Waals surface area contributed by atoms with Gasteiger partial charge in [0.05, 0.1) is 5.69 Å². The lowest BCUT2D eigenvalue weighted by Crippen LogP contribution is -2.41. The van der Waals surface area contributed by atoms with Crippen LogP contribution in [-0.4, -0.2) is 33.9 Å². The van der Waals surface area contributed by atoms with E-state index in [0.717, 1.165) is 19.3 Å². The largest absolute Gasteiger partial charge is 0.396 e. The van der Waals surface area contributed by atoms with E-state index in [1.165, 1.54) is 0 Å². The number of aromatic nitrogens is 2. The molecule has 1 heterocycles. The fraction of sp³-hybridized carbons (Fsp3) is 0.615. The first-order valence-corrected chi connectivity index (χ1v) is 6.52. The molecule has 1 fully saturated rings. The SMILES string of the molecule is Cc1n[nH]c(=O)c(C(=O)NC2CCCC2CO)c1C. The normalized spacial score (nSPS) is 22.5. The molecule has 1 amide bonds. The number of carbonyl (C=O) groups is 1. The summed E-state index contributed by atoms with van der Waals surface area (Å²) in [6.07, 6.45) is 2.74. The van der Waals surface area contributed by atoms with E-state index in [9.17, 15) is 14.7 Å². The second-order valence-corrected chi connectivity index (χ2v) is 5.09. The van der Waals surface area contributed by atoms with Crippen molar-refractivity contribution in [2.24, 2.45) is 5.92 Å². The van der Waals surface area contributed by atoms with Crippen molar-refractivity contribution in [2.45, 2.75) is 39.2 Å². The van der Waals surface area contributed by atoms with Crippen molar-refractivity contribution in [3.05, 3.63) is 27.2 Å².